The van der Waals surface area contributed by atoms with Gasteiger partial charge in [-0.25, -0.2) is 0 Å². The minimum atomic E-state index is -0.285. The lowest BCUT2D eigenvalue weighted by Crippen LogP contribution is -2.39. The SMILES string of the molecule is CC(C)(C)c1ccc(Nc2cc3c(cc2-c2c4c(c5c6cc(C(C)(C)C)ccc6n6c5c2Bc2cc5c(cc2-6)C(C)(C)c2ccccc2-5)-c2ccccc2C4(C)C)C(C)(C)c2ccccc2-3)cc1. The third-order valence-corrected chi connectivity index (χ3v) is 17.1. The van der Waals surface area contributed by atoms with E-state index in [4.69, 9.17) is 0 Å². The monoisotopic (exact) mass is 880 g/mol. The van der Waals surface area contributed by atoms with Crippen molar-refractivity contribution >= 4 is 51.4 Å². The zero-order valence-corrected chi connectivity index (χ0v) is 41.9. The van der Waals surface area contributed by atoms with Crippen LogP contribution >= 0.6 is 0 Å². The van der Waals surface area contributed by atoms with Crippen LogP contribution in [-0.4, -0.2) is 11.8 Å². The Morgan fingerprint density at radius 1 is 0.471 bits per heavy atom. The molecule has 0 atom stereocenters. The molecule has 3 heteroatoms. The van der Waals surface area contributed by atoms with E-state index in [-0.39, 0.29) is 27.1 Å². The summed E-state index contributed by atoms with van der Waals surface area (Å²) in [6, 6.07) is 54.4. The Kier molecular flexibility index (Phi) is 8.17. The summed E-state index contributed by atoms with van der Waals surface area (Å²) >= 11 is 0. The zero-order valence-electron chi connectivity index (χ0n) is 41.9. The van der Waals surface area contributed by atoms with Gasteiger partial charge in [0.2, 0.25) is 0 Å². The second-order valence-electron chi connectivity index (χ2n) is 24.3. The molecule has 2 nitrogen and oxygen atoms in total. The van der Waals surface area contributed by atoms with E-state index in [9.17, 15) is 0 Å². The number of rotatable bonds is 3. The van der Waals surface area contributed by atoms with E-state index in [0.29, 0.717) is 0 Å². The minimum absolute atomic E-state index is 0.0130. The van der Waals surface area contributed by atoms with E-state index < -0.39 is 0 Å². The van der Waals surface area contributed by atoms with Gasteiger partial charge >= 0.3 is 0 Å². The van der Waals surface area contributed by atoms with Crippen LogP contribution in [0.3, 0.4) is 0 Å². The van der Waals surface area contributed by atoms with E-state index in [1.54, 1.807) is 0 Å². The third kappa shape index (κ3) is 5.42. The number of anilines is 2. The highest BCUT2D eigenvalue weighted by Crippen LogP contribution is 2.59. The smallest absolute Gasteiger partial charge is 0.198 e. The van der Waals surface area contributed by atoms with Crippen molar-refractivity contribution in [3.8, 4) is 50.2 Å². The summed E-state index contributed by atoms with van der Waals surface area (Å²) in [5, 5.41) is 6.87. The fourth-order valence-corrected chi connectivity index (χ4v) is 13.4. The predicted molar refractivity (Wildman–Crippen MR) is 292 cm³/mol. The lowest BCUT2D eigenvalue weighted by Gasteiger charge is -2.32. The fourth-order valence-electron chi connectivity index (χ4n) is 13.4. The first-order valence-electron chi connectivity index (χ1n) is 25.0. The van der Waals surface area contributed by atoms with Crippen LogP contribution in [0.4, 0.5) is 11.4 Å². The summed E-state index contributed by atoms with van der Waals surface area (Å²) in [4.78, 5) is 0. The molecule has 0 spiro atoms. The van der Waals surface area contributed by atoms with Gasteiger partial charge in [-0.1, -0.05) is 186 Å². The number of nitrogens with zero attached hydrogens (tertiary/aromatic N) is 1. The van der Waals surface area contributed by atoms with Crippen LogP contribution in [0.2, 0.25) is 0 Å². The molecule has 0 bridgehead atoms. The molecule has 1 aliphatic heterocycles. The first kappa shape index (κ1) is 41.6. The van der Waals surface area contributed by atoms with Crippen LogP contribution in [0.15, 0.2) is 140 Å². The molecular weight excluding hydrogens is 820 g/mol. The van der Waals surface area contributed by atoms with Crippen LogP contribution in [0.5, 0.6) is 0 Å². The van der Waals surface area contributed by atoms with Crippen LogP contribution in [-0.2, 0) is 27.1 Å². The molecule has 9 aromatic rings. The second kappa shape index (κ2) is 13.4. The molecule has 68 heavy (non-hydrogen) atoms. The Morgan fingerprint density at radius 3 is 1.63 bits per heavy atom. The van der Waals surface area contributed by atoms with Crippen LogP contribution in [0.1, 0.15) is 128 Å². The highest BCUT2D eigenvalue weighted by atomic mass is 15.0. The lowest BCUT2D eigenvalue weighted by atomic mass is 9.56. The molecule has 334 valence electrons. The molecule has 3 aliphatic carbocycles. The number of nitrogens with one attached hydrogen (secondary N) is 1. The third-order valence-electron chi connectivity index (χ3n) is 17.1. The van der Waals surface area contributed by atoms with Crippen molar-refractivity contribution in [3.05, 3.63) is 184 Å². The maximum Gasteiger partial charge on any atom is 0.198 e. The Bertz CT molecular complexity index is 3710. The van der Waals surface area contributed by atoms with Crippen molar-refractivity contribution in [1.82, 2.24) is 4.57 Å². The summed E-state index contributed by atoms with van der Waals surface area (Å²) in [5.41, 5.74) is 30.5. The van der Waals surface area contributed by atoms with Gasteiger partial charge in [0.05, 0.1) is 5.52 Å². The molecule has 0 amide bonds. The van der Waals surface area contributed by atoms with Crippen molar-refractivity contribution in [2.45, 2.75) is 110 Å². The Balaban J connectivity index is 1.20. The van der Waals surface area contributed by atoms with Gasteiger partial charge < -0.3 is 9.88 Å². The largest absolute Gasteiger partial charge is 0.355 e. The number of hydrogen-bond acceptors (Lipinski definition) is 1. The van der Waals surface area contributed by atoms with E-state index in [1.165, 1.54) is 127 Å². The maximum atomic E-state index is 4.13. The Labute approximate surface area is 403 Å². The number of fused-ring (bicyclic) bond motifs is 15. The van der Waals surface area contributed by atoms with E-state index in [0.717, 1.165) is 18.7 Å². The quantitative estimate of drug-likeness (QED) is 0.175. The van der Waals surface area contributed by atoms with Gasteiger partial charge in [0.25, 0.3) is 0 Å². The number of aromatic nitrogens is 1. The van der Waals surface area contributed by atoms with Gasteiger partial charge in [-0.3, -0.25) is 0 Å². The van der Waals surface area contributed by atoms with Gasteiger partial charge in [-0.05, 0) is 142 Å². The molecule has 0 unspecified atom stereocenters. The molecule has 1 N–H and O–H groups in total. The van der Waals surface area contributed by atoms with Gasteiger partial charge in [-0.15, -0.1) is 0 Å². The van der Waals surface area contributed by atoms with Crippen LogP contribution in [0.25, 0.3) is 72.0 Å². The summed E-state index contributed by atoms with van der Waals surface area (Å²) in [6.07, 6.45) is 0. The molecule has 0 fully saturated rings. The average molecular weight is 881 g/mol. The average Bonchev–Trinajstić information content (AvgIpc) is 3.92. The number of benzene rings is 8. The topological polar surface area (TPSA) is 17.0 Å². The molecule has 0 saturated carbocycles. The molecular formula is C65H61BN2. The maximum absolute atomic E-state index is 4.13. The van der Waals surface area contributed by atoms with Gasteiger partial charge in [0.15, 0.2) is 7.28 Å². The fraction of sp³-hybridized carbons (Fsp3) is 0.262. The van der Waals surface area contributed by atoms with Gasteiger partial charge in [-0.2, -0.15) is 0 Å². The molecule has 2 heterocycles. The van der Waals surface area contributed by atoms with Crippen LogP contribution in [0, 0.1) is 0 Å². The first-order valence-corrected chi connectivity index (χ1v) is 25.0. The summed E-state index contributed by atoms with van der Waals surface area (Å²) in [5.74, 6) is 0. The summed E-state index contributed by atoms with van der Waals surface area (Å²) in [6.45, 7) is 28.6. The Morgan fingerprint density at radius 2 is 1.01 bits per heavy atom. The predicted octanol–water partition coefficient (Wildman–Crippen LogP) is 15.4. The summed E-state index contributed by atoms with van der Waals surface area (Å²) in [7, 11) is 0.833. The van der Waals surface area contributed by atoms with E-state index in [2.05, 4.69) is 232 Å². The standard InChI is InChI=1S/C65H61BN2/c1-61(2,3)36-25-28-38(29-26-36)67-52-34-43-40-20-14-17-23-47(40)63(7,8)49(43)32-44(52)57-58-55(41-21-15-18-24-48(41)65(58,11)12)56-45-31-37(62(4,5)6)27-30-53(45)68-54-35-50-42(33-51(54)66-59(57)60(56)68)39-19-13-16-22-46(39)64(50,9)10/h13-35,66-67H,1-12H3. The highest BCUT2D eigenvalue weighted by Gasteiger charge is 2.45. The lowest BCUT2D eigenvalue weighted by molar-refractivity contribution is 0.590. The van der Waals surface area contributed by atoms with E-state index in [1.807, 2.05) is 0 Å². The molecule has 1 aromatic heterocycles. The van der Waals surface area contributed by atoms with Crippen molar-refractivity contribution in [1.29, 1.82) is 0 Å². The molecule has 4 aliphatic rings. The van der Waals surface area contributed by atoms with Crippen molar-refractivity contribution in [2.75, 3.05) is 5.32 Å². The molecule has 13 rings (SSSR count). The van der Waals surface area contributed by atoms with Gasteiger partial charge in [0, 0.05) is 55.2 Å². The van der Waals surface area contributed by atoms with E-state index >= 15 is 0 Å². The second-order valence-corrected chi connectivity index (χ2v) is 24.3. The number of hydrogen-bond donors (Lipinski definition) is 1. The van der Waals surface area contributed by atoms with Crippen molar-refractivity contribution < 1.29 is 0 Å². The Hall–Kier alpha value is -6.58. The summed E-state index contributed by atoms with van der Waals surface area (Å²) < 4.78 is 2.70. The molecule has 0 radical (unpaired) electrons. The van der Waals surface area contributed by atoms with Crippen molar-refractivity contribution in [3.63, 3.8) is 0 Å². The molecule has 8 aromatic carbocycles. The highest BCUT2D eigenvalue weighted by molar-refractivity contribution is 6.74. The molecule has 0 saturated heterocycles. The zero-order chi connectivity index (χ0) is 47.2. The van der Waals surface area contributed by atoms with Crippen molar-refractivity contribution in [2.24, 2.45) is 0 Å². The van der Waals surface area contributed by atoms with Gasteiger partial charge in [0.1, 0.15) is 0 Å². The normalized spacial score (nSPS) is 16.1. The first-order chi connectivity index (χ1) is 32.3. The minimum Gasteiger partial charge on any atom is -0.355 e. The van der Waals surface area contributed by atoms with Crippen LogP contribution < -0.4 is 16.2 Å².